The van der Waals surface area contributed by atoms with Crippen molar-refractivity contribution in [2.45, 2.75) is 85.5 Å². The average Bonchev–Trinajstić information content (AvgIpc) is 3.94. The minimum atomic E-state index is -1.88. The van der Waals surface area contributed by atoms with Crippen LogP contribution in [0, 0.1) is 11.2 Å². The molecule has 0 bridgehead atoms. The predicted octanol–water partition coefficient (Wildman–Crippen LogP) is 8.34. The highest BCUT2D eigenvalue weighted by molar-refractivity contribution is 6.31. The van der Waals surface area contributed by atoms with Crippen LogP contribution >= 0.6 is 23.2 Å². The molecule has 2 aromatic heterocycles. The third-order valence-electron chi connectivity index (χ3n) is 13.4. The molecule has 5 atom stereocenters. The minimum Gasteiger partial charge on any atom is -0.428 e. The van der Waals surface area contributed by atoms with Gasteiger partial charge in [-0.2, -0.15) is 0 Å². The first-order chi connectivity index (χ1) is 28.6. The first kappa shape index (κ1) is 39.6. The Morgan fingerprint density at radius 2 is 1.64 bits per heavy atom. The molecule has 2 amide bonds. The van der Waals surface area contributed by atoms with Crippen LogP contribution in [0.2, 0.25) is 10.2 Å². The lowest BCUT2D eigenvalue weighted by Gasteiger charge is -2.63. The molecule has 1 saturated heterocycles. The molecule has 2 saturated carbocycles. The molecule has 1 unspecified atom stereocenters. The summed E-state index contributed by atoms with van der Waals surface area (Å²) >= 11 is 13.0. The number of carbonyl (C=O) groups excluding carboxylic acids is 2. The first-order valence-electron chi connectivity index (χ1n) is 19.7. The maximum Gasteiger partial charge on any atom is 0.238 e. The van der Waals surface area contributed by atoms with Crippen molar-refractivity contribution < 1.29 is 32.3 Å². The molecule has 3 aromatic carbocycles. The number of anilines is 1. The van der Waals surface area contributed by atoms with Crippen molar-refractivity contribution in [1.29, 1.82) is 0 Å². The molecule has 2 aliphatic heterocycles. The summed E-state index contributed by atoms with van der Waals surface area (Å²) in [7, 11) is 0. The number of hydrogen-bond donors (Lipinski definition) is 3. The quantitative estimate of drug-likeness (QED) is 0.120. The molecular weight excluding hydrogens is 804 g/mol. The number of aliphatic hydroxyl groups excluding tert-OH is 1. The van der Waals surface area contributed by atoms with Gasteiger partial charge >= 0.3 is 0 Å². The number of fused-ring (bicyclic) bond motifs is 3. The Morgan fingerprint density at radius 3 is 2.29 bits per heavy atom. The Kier molecular flexibility index (Phi) is 10.3. The van der Waals surface area contributed by atoms with Gasteiger partial charge in [-0.3, -0.25) is 23.3 Å². The highest BCUT2D eigenvalue weighted by Crippen LogP contribution is 2.74. The Hall–Kier alpha value is -4.82. The van der Waals surface area contributed by atoms with Crippen LogP contribution < -0.4 is 10.6 Å². The highest BCUT2D eigenvalue weighted by atomic mass is 35.5. The fourth-order valence-electron chi connectivity index (χ4n) is 11.0. The van der Waals surface area contributed by atoms with Gasteiger partial charge in [0.25, 0.3) is 0 Å². The van der Waals surface area contributed by atoms with Gasteiger partial charge in [-0.05, 0) is 79.0 Å². The maximum absolute atomic E-state index is 17.0. The molecule has 0 radical (unpaired) electrons. The molecular formula is C44H41Cl2F3N6O4. The summed E-state index contributed by atoms with van der Waals surface area (Å²) in [4.78, 5) is 36.9. The van der Waals surface area contributed by atoms with Crippen molar-refractivity contribution in [2.24, 2.45) is 5.41 Å². The molecule has 15 heteroatoms. The van der Waals surface area contributed by atoms with E-state index in [9.17, 15) is 5.11 Å². The van der Waals surface area contributed by atoms with Crippen LogP contribution in [-0.4, -0.2) is 68.0 Å². The van der Waals surface area contributed by atoms with E-state index in [-0.39, 0.29) is 30.4 Å². The van der Waals surface area contributed by atoms with Gasteiger partial charge in [0.15, 0.2) is 11.0 Å². The van der Waals surface area contributed by atoms with Crippen molar-refractivity contribution in [3.8, 4) is 0 Å². The zero-order chi connectivity index (χ0) is 41.1. The standard InChI is InChI=1S/C44H41Cl2F3N6O4/c45-28-13-16-31-32(19-28)53-41(58)44(31)33(30-17-18-50-38(46)34(30)49)36(39(57)52-29-14-11-27(12-15-29)40-54-51-24-59-40)55(43(44)20-42(21-43,22-47)23-48)35(25-7-3-1-4-8-25)37(56)26-9-5-2-6-10-26/h1-10,13,16-19,24,27,29,33,35-37,56H,11-12,14-15,20-23H2,(H,52,57)(H,53,58)/t27-,29-,33-,35+,36+,37-,44?/m0/s1. The second-order valence-electron chi connectivity index (χ2n) is 16.5. The SMILES string of the molecule is O=C(N[C@H]1CC[C@H](c2nnco2)CC1)[C@H]1[C@H](c2ccnc(Cl)c2F)C2(C(=O)Nc3cc(Cl)ccc32)C2(CC(CF)(CF)C2)N1[C@H](c1ccccc1)[C@@H](O)c1ccccc1. The van der Waals surface area contributed by atoms with E-state index in [1.54, 1.807) is 71.6 Å². The molecule has 5 aromatic rings. The number of nitrogens with one attached hydrogen (secondary N) is 2. The van der Waals surface area contributed by atoms with Crippen LogP contribution in [0.4, 0.5) is 18.9 Å². The lowest BCUT2D eigenvalue weighted by molar-refractivity contribution is -0.166. The molecule has 3 N–H and O–H groups in total. The molecule has 4 aliphatic rings. The summed E-state index contributed by atoms with van der Waals surface area (Å²) in [6, 6.07) is 21.3. The van der Waals surface area contributed by atoms with E-state index in [0.29, 0.717) is 59.0 Å². The Bertz CT molecular complexity index is 2340. The molecule has 59 heavy (non-hydrogen) atoms. The minimum absolute atomic E-state index is 0.000494. The third-order valence-corrected chi connectivity index (χ3v) is 13.9. The number of likely N-dealkylation sites (tertiary alicyclic amines) is 1. The smallest absolute Gasteiger partial charge is 0.238 e. The predicted molar refractivity (Wildman–Crippen MR) is 214 cm³/mol. The molecule has 4 heterocycles. The van der Waals surface area contributed by atoms with E-state index in [1.165, 1.54) is 18.7 Å². The Balaban J connectivity index is 1.31. The summed E-state index contributed by atoms with van der Waals surface area (Å²) in [6.45, 7) is -2.11. The van der Waals surface area contributed by atoms with Crippen molar-refractivity contribution in [2.75, 3.05) is 18.7 Å². The maximum atomic E-state index is 17.0. The first-order valence-corrected chi connectivity index (χ1v) is 20.5. The lowest BCUT2D eigenvalue weighted by atomic mass is 9.45. The van der Waals surface area contributed by atoms with Crippen molar-refractivity contribution in [3.63, 3.8) is 0 Å². The van der Waals surface area contributed by atoms with Gasteiger partial charge in [-0.15, -0.1) is 10.2 Å². The van der Waals surface area contributed by atoms with E-state index >= 15 is 22.8 Å². The number of aromatic nitrogens is 3. The number of benzene rings is 3. The number of hydrogen-bond acceptors (Lipinski definition) is 8. The number of nitrogens with zero attached hydrogens (tertiary/aromatic N) is 4. The number of alkyl halides is 2. The van der Waals surface area contributed by atoms with Gasteiger partial charge in [0.2, 0.25) is 24.1 Å². The Morgan fingerprint density at radius 1 is 0.966 bits per heavy atom. The van der Waals surface area contributed by atoms with Crippen LogP contribution in [0.1, 0.15) is 90.7 Å². The average molecular weight is 846 g/mol. The Labute approximate surface area is 348 Å². The fourth-order valence-corrected chi connectivity index (χ4v) is 11.3. The van der Waals surface area contributed by atoms with E-state index < -0.39 is 76.6 Å². The van der Waals surface area contributed by atoms with Gasteiger partial charge < -0.3 is 20.2 Å². The van der Waals surface area contributed by atoms with Crippen molar-refractivity contribution in [1.82, 2.24) is 25.4 Å². The number of pyridine rings is 1. The summed E-state index contributed by atoms with van der Waals surface area (Å²) in [5.41, 5.74) is -3.33. The summed E-state index contributed by atoms with van der Waals surface area (Å²) in [5.74, 6) is -2.93. The van der Waals surface area contributed by atoms with Crippen molar-refractivity contribution in [3.05, 3.63) is 142 Å². The molecule has 2 aliphatic carbocycles. The molecule has 10 nitrogen and oxygen atoms in total. The van der Waals surface area contributed by atoms with Crippen LogP contribution in [0.25, 0.3) is 0 Å². The summed E-state index contributed by atoms with van der Waals surface area (Å²) in [6.07, 6.45) is 3.13. The number of carbonyl (C=O) groups is 2. The lowest BCUT2D eigenvalue weighted by Crippen LogP contribution is -2.72. The topological polar surface area (TPSA) is 133 Å². The highest BCUT2D eigenvalue weighted by Gasteiger charge is 2.82. The van der Waals surface area contributed by atoms with Gasteiger partial charge in [0.1, 0.15) is 5.41 Å². The van der Waals surface area contributed by atoms with E-state index in [4.69, 9.17) is 27.6 Å². The van der Waals surface area contributed by atoms with Crippen LogP contribution in [0.5, 0.6) is 0 Å². The number of aliphatic hydroxyl groups is 1. The number of halogens is 5. The zero-order valence-electron chi connectivity index (χ0n) is 31.7. The number of rotatable bonds is 10. The second kappa shape index (κ2) is 15.3. The number of amides is 2. The van der Waals surface area contributed by atoms with Gasteiger partial charge in [-0.25, -0.2) is 9.37 Å². The van der Waals surface area contributed by atoms with E-state index in [2.05, 4.69) is 25.8 Å². The summed E-state index contributed by atoms with van der Waals surface area (Å²) in [5, 5.41) is 26.7. The normalized spacial score (nSPS) is 26.6. The van der Waals surface area contributed by atoms with Crippen LogP contribution in [0.15, 0.2) is 102 Å². The van der Waals surface area contributed by atoms with Gasteiger partial charge in [0.05, 0.1) is 31.5 Å². The molecule has 9 rings (SSSR count). The summed E-state index contributed by atoms with van der Waals surface area (Å²) < 4.78 is 53.2. The molecule has 306 valence electrons. The molecule has 2 spiro atoms. The van der Waals surface area contributed by atoms with Gasteiger partial charge in [-0.1, -0.05) is 89.9 Å². The van der Waals surface area contributed by atoms with Gasteiger partial charge in [0, 0.05) is 45.7 Å². The van der Waals surface area contributed by atoms with Crippen molar-refractivity contribution >= 4 is 40.7 Å². The monoisotopic (exact) mass is 844 g/mol. The van der Waals surface area contributed by atoms with E-state index in [0.717, 1.165) is 0 Å². The molecule has 3 fully saturated rings. The van der Waals surface area contributed by atoms with E-state index in [1.807, 2.05) is 12.1 Å². The zero-order valence-corrected chi connectivity index (χ0v) is 33.2. The largest absolute Gasteiger partial charge is 0.428 e. The fraction of sp³-hybridized carbons (Fsp3) is 0.386. The van der Waals surface area contributed by atoms with Crippen LogP contribution in [0.3, 0.4) is 0 Å². The third kappa shape index (κ3) is 6.18. The van der Waals surface area contributed by atoms with Crippen LogP contribution in [-0.2, 0) is 15.0 Å². The second-order valence-corrected chi connectivity index (χ2v) is 17.3.